The van der Waals surface area contributed by atoms with Gasteiger partial charge >= 0.3 is 5.97 Å². The number of carboxylic acid groups (broad SMARTS) is 1. The minimum Gasteiger partial charge on any atom is -1.00 e. The molecule has 1 rings (SSSR count). The van der Waals surface area contributed by atoms with E-state index in [-0.39, 0.29) is 23.7 Å². The molecule has 0 aliphatic rings. The Labute approximate surface area is 102 Å². The van der Waals surface area contributed by atoms with Gasteiger partial charge in [-0.1, -0.05) is 0 Å². The van der Waals surface area contributed by atoms with E-state index in [0.717, 1.165) is 0 Å². The fraction of sp³-hybridized carbons (Fsp3) is 0.222. The molecule has 6 heteroatoms. The monoisotopic (exact) mass is 295 g/mol. The fourth-order valence-electron chi connectivity index (χ4n) is 1.10. The molecule has 84 valence electrons. The van der Waals surface area contributed by atoms with Crippen molar-refractivity contribution in [1.82, 2.24) is 0 Å². The van der Waals surface area contributed by atoms with Crippen LogP contribution in [0.4, 0.5) is 0 Å². The molecule has 0 fully saturated rings. The minimum atomic E-state index is -1.06. The number of benzene rings is 1. The highest BCUT2D eigenvalue weighted by Gasteiger charge is 2.19. The van der Waals surface area contributed by atoms with Crippen molar-refractivity contribution in [3.8, 4) is 11.5 Å². The first-order chi connectivity index (χ1) is 6.61. The van der Waals surface area contributed by atoms with E-state index in [1.807, 2.05) is 0 Å². The van der Waals surface area contributed by atoms with Crippen molar-refractivity contribution in [3.63, 3.8) is 0 Å². The molecule has 1 N–H and O–H groups in total. The summed E-state index contributed by atoms with van der Waals surface area (Å²) in [6, 6.07) is 3.24. The van der Waals surface area contributed by atoms with Gasteiger partial charge in [0.25, 0.3) is 0 Å². The topological polar surface area (TPSA) is 55.8 Å². The van der Waals surface area contributed by atoms with E-state index in [1.165, 1.54) is 14.2 Å². The number of hydrogen-bond acceptors (Lipinski definition) is 3. The number of methoxy groups -OCH3 is 2. The molecular weight excluding hydrogens is 287 g/mol. The molecule has 0 aliphatic carbocycles. The lowest BCUT2D eigenvalue weighted by Crippen LogP contribution is -3.00. The molecule has 0 radical (unpaired) electrons. The summed E-state index contributed by atoms with van der Waals surface area (Å²) in [5.74, 6) is -0.449. The van der Waals surface area contributed by atoms with Crippen LogP contribution in [0.25, 0.3) is 0 Å². The van der Waals surface area contributed by atoms with Crippen LogP contribution in [0.1, 0.15) is 10.4 Å². The lowest BCUT2D eigenvalue weighted by molar-refractivity contribution is -0.0000192. The lowest BCUT2D eigenvalue weighted by atomic mass is 10.2. The van der Waals surface area contributed by atoms with Crippen LogP contribution in [0.2, 0.25) is 0 Å². The van der Waals surface area contributed by atoms with Gasteiger partial charge < -0.3 is 27.0 Å². The van der Waals surface area contributed by atoms with Crippen molar-refractivity contribution in [3.05, 3.63) is 22.2 Å². The van der Waals surface area contributed by atoms with Crippen molar-refractivity contribution in [2.24, 2.45) is 0 Å². The molecule has 0 bridgehead atoms. The highest BCUT2D eigenvalue weighted by Crippen LogP contribution is 2.35. The van der Waals surface area contributed by atoms with Crippen molar-refractivity contribution in [1.29, 1.82) is 0 Å². The summed E-state index contributed by atoms with van der Waals surface area (Å²) in [6.45, 7) is 0. The second-order valence-electron chi connectivity index (χ2n) is 2.46. The zero-order valence-electron chi connectivity index (χ0n) is 8.08. The Bertz CT molecular complexity index is 367. The minimum absolute atomic E-state index is 0. The zero-order valence-corrected chi connectivity index (χ0v) is 10.4. The summed E-state index contributed by atoms with van der Waals surface area (Å²) in [4.78, 5) is 10.9. The molecule has 4 nitrogen and oxygen atoms in total. The highest BCUT2D eigenvalue weighted by molar-refractivity contribution is 9.10. The lowest BCUT2D eigenvalue weighted by Gasteiger charge is -2.11. The van der Waals surface area contributed by atoms with Gasteiger partial charge in [-0.3, -0.25) is 0 Å². The second-order valence-corrected chi connectivity index (χ2v) is 3.32. The third-order valence-corrected chi connectivity index (χ3v) is 2.37. The van der Waals surface area contributed by atoms with E-state index >= 15 is 0 Å². The first-order valence-electron chi connectivity index (χ1n) is 3.75. The Kier molecular flexibility index (Phi) is 5.46. The van der Waals surface area contributed by atoms with E-state index < -0.39 is 5.97 Å². The Hall–Kier alpha value is -0.940. The summed E-state index contributed by atoms with van der Waals surface area (Å²) in [5.41, 5.74) is 0.0619. The van der Waals surface area contributed by atoms with E-state index in [4.69, 9.17) is 14.6 Å². The molecule has 0 saturated carbocycles. The van der Waals surface area contributed by atoms with E-state index in [0.29, 0.717) is 10.2 Å². The van der Waals surface area contributed by atoms with Gasteiger partial charge in [0, 0.05) is 4.47 Å². The second kappa shape index (κ2) is 5.82. The molecule has 0 atom stereocenters. The summed E-state index contributed by atoms with van der Waals surface area (Å²) < 4.78 is 10.4. The Balaban J connectivity index is 0.00000196. The van der Waals surface area contributed by atoms with Gasteiger partial charge in [-0.25, -0.2) is 4.79 Å². The maximum atomic E-state index is 10.9. The average molecular weight is 297 g/mol. The molecule has 1 aromatic rings. The Morgan fingerprint density at radius 3 is 2.33 bits per heavy atom. The van der Waals surface area contributed by atoms with E-state index in [9.17, 15) is 4.79 Å². The molecule has 1 aromatic carbocycles. The molecule has 0 amide bonds. The number of rotatable bonds is 3. The quantitative estimate of drug-likeness (QED) is 0.791. The van der Waals surface area contributed by atoms with Gasteiger partial charge in [-0.2, -0.15) is 0 Å². The van der Waals surface area contributed by atoms with Gasteiger partial charge in [-0.05, 0) is 28.1 Å². The zero-order chi connectivity index (χ0) is 10.7. The van der Waals surface area contributed by atoms with Crippen LogP contribution in [0.15, 0.2) is 16.6 Å². The molecule has 0 saturated heterocycles. The Morgan fingerprint density at radius 1 is 1.33 bits per heavy atom. The first kappa shape index (κ1) is 14.1. The average Bonchev–Trinajstić information content (AvgIpc) is 2.16. The molecule has 15 heavy (non-hydrogen) atoms. The predicted molar refractivity (Wildman–Crippen MR) is 54.2 cm³/mol. The van der Waals surface area contributed by atoms with Crippen LogP contribution in [0.5, 0.6) is 11.5 Å². The third-order valence-electron chi connectivity index (χ3n) is 1.71. The van der Waals surface area contributed by atoms with Crippen LogP contribution in [0, 0.1) is 0 Å². The number of aromatic carboxylic acids is 1. The van der Waals surface area contributed by atoms with Crippen molar-refractivity contribution in [2.45, 2.75) is 0 Å². The molecule has 0 spiro atoms. The van der Waals surface area contributed by atoms with Crippen LogP contribution in [-0.4, -0.2) is 25.3 Å². The van der Waals surface area contributed by atoms with Crippen molar-refractivity contribution >= 4 is 21.9 Å². The largest absolute Gasteiger partial charge is 1.00 e. The Morgan fingerprint density at radius 2 is 1.93 bits per heavy atom. The van der Waals surface area contributed by atoms with E-state index in [1.54, 1.807) is 12.1 Å². The van der Waals surface area contributed by atoms with Gasteiger partial charge in [0.15, 0.2) is 11.5 Å². The molecule has 0 unspecified atom stereocenters. The van der Waals surface area contributed by atoms with Crippen molar-refractivity contribution in [2.75, 3.05) is 14.2 Å². The third kappa shape index (κ3) is 2.76. The number of carboxylic acids is 1. The first-order valence-corrected chi connectivity index (χ1v) is 4.55. The number of carbonyl (C=O) groups is 1. The summed E-state index contributed by atoms with van der Waals surface area (Å²) in [6.07, 6.45) is 0. The van der Waals surface area contributed by atoms with Gasteiger partial charge in [0.05, 0.1) is 14.2 Å². The fourth-order valence-corrected chi connectivity index (χ4v) is 1.58. The number of ether oxygens (including phenoxy) is 2. The highest BCUT2D eigenvalue weighted by atomic mass is 79.9. The van der Waals surface area contributed by atoms with Crippen LogP contribution >= 0.6 is 15.9 Å². The van der Waals surface area contributed by atoms with Crippen LogP contribution < -0.4 is 21.9 Å². The van der Waals surface area contributed by atoms with Gasteiger partial charge in [0.1, 0.15) is 5.56 Å². The normalized spacial score (nSPS) is 9.00. The van der Waals surface area contributed by atoms with Crippen molar-refractivity contribution < 1.29 is 31.8 Å². The predicted octanol–water partition coefficient (Wildman–Crippen LogP) is -0.832. The van der Waals surface area contributed by atoms with Crippen LogP contribution in [-0.2, 0) is 0 Å². The summed E-state index contributed by atoms with van der Waals surface area (Å²) in [7, 11) is 2.86. The molecule has 0 heterocycles. The van der Waals surface area contributed by atoms with Gasteiger partial charge in [-0.15, -0.1) is 0 Å². The maximum Gasteiger partial charge on any atom is 0.340 e. The van der Waals surface area contributed by atoms with Crippen LogP contribution in [0.3, 0.4) is 0 Å². The van der Waals surface area contributed by atoms with Gasteiger partial charge in [0.2, 0.25) is 0 Å². The smallest absolute Gasteiger partial charge is 0.340 e. The van der Waals surface area contributed by atoms with E-state index in [2.05, 4.69) is 15.9 Å². The molecule has 0 aromatic heterocycles. The number of hydrogen-bond donors (Lipinski definition) is 1. The summed E-state index contributed by atoms with van der Waals surface area (Å²) >= 11 is 3.14. The maximum absolute atomic E-state index is 10.9. The number of halogens is 2. The standard InChI is InChI=1S/C9H9BrO4.ClH/c1-13-6-4-3-5(10)7(9(11)12)8(6)14-2;/h3-4H,1-2H3,(H,11,12);1H/p-1. The SMILES string of the molecule is COc1ccc(Br)c(C(=O)O)c1OC.[Cl-]. The molecular formula is C9H9BrClO4-. The molecule has 0 aliphatic heterocycles. The summed E-state index contributed by atoms with van der Waals surface area (Å²) in [5, 5.41) is 8.93.